The summed E-state index contributed by atoms with van der Waals surface area (Å²) in [5, 5.41) is 5.68. The number of amides is 2. The molecule has 1 saturated heterocycles. The summed E-state index contributed by atoms with van der Waals surface area (Å²) in [5.74, 6) is -0.280. The predicted molar refractivity (Wildman–Crippen MR) is 90.2 cm³/mol. The van der Waals surface area contributed by atoms with Gasteiger partial charge in [-0.1, -0.05) is 0 Å². The van der Waals surface area contributed by atoms with E-state index in [1.807, 2.05) is 6.92 Å². The summed E-state index contributed by atoms with van der Waals surface area (Å²) in [6.07, 6.45) is 3.75. The van der Waals surface area contributed by atoms with Crippen molar-refractivity contribution in [1.82, 2.24) is 10.6 Å². The molecule has 0 aromatic heterocycles. The van der Waals surface area contributed by atoms with Gasteiger partial charge in [-0.15, -0.1) is 0 Å². The fourth-order valence-electron chi connectivity index (χ4n) is 3.22. The first-order valence-electron chi connectivity index (χ1n) is 8.61. The molecule has 2 fully saturated rings. The van der Waals surface area contributed by atoms with Gasteiger partial charge in [0.1, 0.15) is 5.82 Å². The lowest BCUT2D eigenvalue weighted by atomic mass is 10.0. The lowest BCUT2D eigenvalue weighted by molar-refractivity contribution is -0.127. The first kappa shape index (κ1) is 16.7. The predicted octanol–water partition coefficient (Wildman–Crippen LogP) is 1.75. The number of carbonyl (C=O) groups is 2. The van der Waals surface area contributed by atoms with E-state index in [1.54, 1.807) is 6.07 Å². The quantitative estimate of drug-likeness (QED) is 0.863. The first-order chi connectivity index (χ1) is 11.5. The molecule has 1 atom stereocenters. The second-order valence-electron chi connectivity index (χ2n) is 6.78. The normalized spacial score (nSPS) is 20.6. The van der Waals surface area contributed by atoms with Gasteiger partial charge in [0.2, 0.25) is 11.8 Å². The van der Waals surface area contributed by atoms with E-state index in [2.05, 4.69) is 15.5 Å². The van der Waals surface area contributed by atoms with E-state index in [0.717, 1.165) is 43.5 Å². The molecule has 24 heavy (non-hydrogen) atoms. The van der Waals surface area contributed by atoms with Crippen molar-refractivity contribution in [2.45, 2.75) is 38.6 Å². The highest BCUT2D eigenvalue weighted by atomic mass is 19.1. The Morgan fingerprint density at radius 3 is 2.79 bits per heavy atom. The summed E-state index contributed by atoms with van der Waals surface area (Å²) >= 11 is 0. The number of halogens is 1. The van der Waals surface area contributed by atoms with Gasteiger partial charge in [-0.05, 0) is 56.4 Å². The molecule has 1 aliphatic carbocycles. The Balaban J connectivity index is 1.51. The van der Waals surface area contributed by atoms with Crippen molar-refractivity contribution in [3.8, 4) is 0 Å². The van der Waals surface area contributed by atoms with Crippen LogP contribution in [0.3, 0.4) is 0 Å². The second kappa shape index (κ2) is 7.20. The largest absolute Gasteiger partial charge is 0.369 e. The highest BCUT2D eigenvalue weighted by Crippen LogP contribution is 2.28. The van der Waals surface area contributed by atoms with Gasteiger partial charge in [0, 0.05) is 30.7 Å². The Morgan fingerprint density at radius 2 is 2.08 bits per heavy atom. The highest BCUT2D eigenvalue weighted by Gasteiger charge is 2.30. The number of anilines is 1. The molecule has 3 rings (SSSR count). The van der Waals surface area contributed by atoms with E-state index < -0.39 is 0 Å². The monoisotopic (exact) mass is 333 g/mol. The van der Waals surface area contributed by atoms with Crippen LogP contribution in [-0.2, 0) is 9.59 Å². The Labute approximate surface area is 141 Å². The summed E-state index contributed by atoms with van der Waals surface area (Å²) < 4.78 is 13.3. The number of nitrogens with zero attached hydrogens (tertiary/aromatic N) is 1. The molecular formula is C18H24FN3O2. The molecule has 0 unspecified atom stereocenters. The van der Waals surface area contributed by atoms with Gasteiger partial charge < -0.3 is 15.5 Å². The summed E-state index contributed by atoms with van der Waals surface area (Å²) in [6.45, 7) is 3.54. The van der Waals surface area contributed by atoms with Gasteiger partial charge in [-0.3, -0.25) is 9.59 Å². The molecule has 5 nitrogen and oxygen atoms in total. The van der Waals surface area contributed by atoms with Crippen LogP contribution in [0, 0.1) is 18.7 Å². The maximum Gasteiger partial charge on any atom is 0.239 e. The number of hydrogen-bond acceptors (Lipinski definition) is 3. The van der Waals surface area contributed by atoms with Crippen LogP contribution in [0.4, 0.5) is 10.1 Å². The Kier molecular flexibility index (Phi) is 5.02. The minimum absolute atomic E-state index is 0.0163. The summed E-state index contributed by atoms with van der Waals surface area (Å²) in [7, 11) is 0. The molecule has 2 N–H and O–H groups in total. The molecule has 2 aliphatic rings. The molecule has 0 radical (unpaired) electrons. The first-order valence-corrected chi connectivity index (χ1v) is 8.61. The lowest BCUT2D eigenvalue weighted by Gasteiger charge is -2.35. The summed E-state index contributed by atoms with van der Waals surface area (Å²) in [4.78, 5) is 25.8. The third-order valence-electron chi connectivity index (χ3n) is 4.66. The molecule has 0 bridgehead atoms. The minimum atomic E-state index is -0.232. The molecule has 0 spiro atoms. The molecule has 1 aromatic rings. The third-order valence-corrected chi connectivity index (χ3v) is 4.66. The van der Waals surface area contributed by atoms with Crippen molar-refractivity contribution in [2.24, 2.45) is 5.92 Å². The van der Waals surface area contributed by atoms with E-state index in [-0.39, 0.29) is 36.1 Å². The van der Waals surface area contributed by atoms with Crippen LogP contribution >= 0.6 is 0 Å². The van der Waals surface area contributed by atoms with Crippen LogP contribution in [-0.4, -0.2) is 37.5 Å². The standard InChI is InChI=1S/C18H24FN3O2/c1-12-9-14(19)6-7-16(12)22-8-2-3-15(11-22)21-17(23)10-20-18(24)13-4-5-13/h6-7,9,13,15H,2-5,8,10-11H2,1H3,(H,20,24)(H,21,23)/t15-/m1/s1. The van der Waals surface area contributed by atoms with Crippen molar-refractivity contribution in [2.75, 3.05) is 24.5 Å². The fourth-order valence-corrected chi connectivity index (χ4v) is 3.22. The van der Waals surface area contributed by atoms with Crippen LogP contribution < -0.4 is 15.5 Å². The molecule has 6 heteroatoms. The fraction of sp³-hybridized carbons (Fsp3) is 0.556. The van der Waals surface area contributed by atoms with Gasteiger partial charge in [0.25, 0.3) is 0 Å². The molecule has 2 amide bonds. The van der Waals surface area contributed by atoms with E-state index in [1.165, 1.54) is 12.1 Å². The third kappa shape index (κ3) is 4.24. The SMILES string of the molecule is Cc1cc(F)ccc1N1CCC[C@@H](NC(=O)CNC(=O)C2CC2)C1. The van der Waals surface area contributed by atoms with Gasteiger partial charge in [-0.25, -0.2) is 4.39 Å². The summed E-state index contributed by atoms with van der Waals surface area (Å²) in [6, 6.07) is 4.85. The molecule has 130 valence electrons. The number of aryl methyl sites for hydroxylation is 1. The number of piperidine rings is 1. The van der Waals surface area contributed by atoms with Crippen LogP contribution in [0.2, 0.25) is 0 Å². The number of hydrogen-bond donors (Lipinski definition) is 2. The molecular weight excluding hydrogens is 309 g/mol. The Bertz CT molecular complexity index is 631. The maximum atomic E-state index is 13.3. The Hall–Kier alpha value is -2.11. The zero-order valence-corrected chi connectivity index (χ0v) is 14.0. The highest BCUT2D eigenvalue weighted by molar-refractivity contribution is 5.87. The van der Waals surface area contributed by atoms with Gasteiger partial charge in [-0.2, -0.15) is 0 Å². The molecule has 1 heterocycles. The van der Waals surface area contributed by atoms with Crippen molar-refractivity contribution in [1.29, 1.82) is 0 Å². The minimum Gasteiger partial charge on any atom is -0.369 e. The second-order valence-corrected chi connectivity index (χ2v) is 6.78. The van der Waals surface area contributed by atoms with Gasteiger partial charge >= 0.3 is 0 Å². The number of nitrogens with one attached hydrogen (secondary N) is 2. The van der Waals surface area contributed by atoms with Crippen LogP contribution in [0.15, 0.2) is 18.2 Å². The van der Waals surface area contributed by atoms with E-state index in [0.29, 0.717) is 6.54 Å². The zero-order valence-electron chi connectivity index (χ0n) is 14.0. The van der Waals surface area contributed by atoms with Crippen LogP contribution in [0.1, 0.15) is 31.2 Å². The number of rotatable bonds is 5. The van der Waals surface area contributed by atoms with Gasteiger partial charge in [0.15, 0.2) is 0 Å². The molecule has 1 saturated carbocycles. The number of benzene rings is 1. The van der Waals surface area contributed by atoms with E-state index in [9.17, 15) is 14.0 Å². The van der Waals surface area contributed by atoms with Gasteiger partial charge in [0.05, 0.1) is 6.54 Å². The van der Waals surface area contributed by atoms with Crippen molar-refractivity contribution in [3.63, 3.8) is 0 Å². The van der Waals surface area contributed by atoms with E-state index in [4.69, 9.17) is 0 Å². The summed E-state index contributed by atoms with van der Waals surface area (Å²) in [5.41, 5.74) is 1.91. The average Bonchev–Trinajstić information content (AvgIpc) is 3.38. The number of carbonyl (C=O) groups excluding carboxylic acids is 2. The molecule has 1 aromatic carbocycles. The molecule has 1 aliphatic heterocycles. The van der Waals surface area contributed by atoms with Crippen molar-refractivity contribution < 1.29 is 14.0 Å². The van der Waals surface area contributed by atoms with Crippen molar-refractivity contribution in [3.05, 3.63) is 29.6 Å². The average molecular weight is 333 g/mol. The lowest BCUT2D eigenvalue weighted by Crippen LogP contribution is -2.50. The topological polar surface area (TPSA) is 61.4 Å². The van der Waals surface area contributed by atoms with Crippen LogP contribution in [0.25, 0.3) is 0 Å². The van der Waals surface area contributed by atoms with Crippen molar-refractivity contribution >= 4 is 17.5 Å². The zero-order chi connectivity index (χ0) is 17.1. The van der Waals surface area contributed by atoms with Crippen LogP contribution in [0.5, 0.6) is 0 Å². The maximum absolute atomic E-state index is 13.3. The van der Waals surface area contributed by atoms with E-state index >= 15 is 0 Å². The Morgan fingerprint density at radius 1 is 1.29 bits per heavy atom. The smallest absolute Gasteiger partial charge is 0.239 e.